The lowest BCUT2D eigenvalue weighted by molar-refractivity contribution is 0.0492. The van der Waals surface area contributed by atoms with E-state index in [1.165, 1.54) is 22.8 Å². The molecule has 0 radical (unpaired) electrons. The van der Waals surface area contributed by atoms with Gasteiger partial charge < -0.3 is 14.3 Å². The van der Waals surface area contributed by atoms with Crippen molar-refractivity contribution in [1.29, 1.82) is 0 Å². The Morgan fingerprint density at radius 3 is 2.83 bits per heavy atom. The quantitative estimate of drug-likeness (QED) is 0.566. The normalized spacial score (nSPS) is 10.9. The predicted octanol–water partition coefficient (Wildman–Crippen LogP) is 3.20. The minimum Gasteiger partial charge on any atom is -0.507 e. The second kappa shape index (κ2) is 6.80. The average molecular weight is 348 g/mol. The molecule has 0 aliphatic carbocycles. The predicted molar refractivity (Wildman–Crippen MR) is 88.5 cm³/mol. The van der Waals surface area contributed by atoms with Crippen molar-refractivity contribution in [2.24, 2.45) is 0 Å². The third-order valence-electron chi connectivity index (χ3n) is 3.51. The Labute approximate surface area is 141 Å². The number of aromatic hydroxyl groups is 1. The van der Waals surface area contributed by atoms with Gasteiger partial charge in [0.25, 0.3) is 0 Å². The minimum absolute atomic E-state index is 0.0466. The topological polar surface area (TPSA) is 81.7 Å². The van der Waals surface area contributed by atoms with Gasteiger partial charge in [-0.05, 0) is 36.8 Å². The van der Waals surface area contributed by atoms with Gasteiger partial charge in [-0.15, -0.1) is 0 Å². The molecule has 1 heterocycles. The van der Waals surface area contributed by atoms with Gasteiger partial charge in [-0.1, -0.05) is 23.7 Å². The van der Waals surface area contributed by atoms with Gasteiger partial charge >= 0.3 is 11.7 Å². The van der Waals surface area contributed by atoms with Crippen molar-refractivity contribution < 1.29 is 19.1 Å². The molecule has 0 bridgehead atoms. The Kier molecular flexibility index (Phi) is 4.57. The van der Waals surface area contributed by atoms with Gasteiger partial charge in [0.1, 0.15) is 11.3 Å². The summed E-state index contributed by atoms with van der Waals surface area (Å²) >= 11 is 5.71. The molecule has 0 saturated heterocycles. The molecule has 7 heteroatoms. The molecular formula is C17H14ClNO5. The Bertz CT molecular complexity index is 944. The fourth-order valence-corrected chi connectivity index (χ4v) is 2.53. The zero-order valence-electron chi connectivity index (χ0n) is 12.6. The van der Waals surface area contributed by atoms with Crippen LogP contribution in [0.1, 0.15) is 16.8 Å². The number of oxazole rings is 1. The minimum atomic E-state index is -0.645. The first-order chi connectivity index (χ1) is 11.6. The molecule has 3 aromatic rings. The summed E-state index contributed by atoms with van der Waals surface area (Å²) in [7, 11) is 0. The van der Waals surface area contributed by atoms with Crippen LogP contribution in [0.2, 0.25) is 5.02 Å². The molecule has 3 rings (SSSR count). The van der Waals surface area contributed by atoms with Gasteiger partial charge in [0.15, 0.2) is 5.58 Å². The lowest BCUT2D eigenvalue weighted by Crippen LogP contribution is -2.16. The van der Waals surface area contributed by atoms with Gasteiger partial charge in [0, 0.05) is 11.6 Å². The first kappa shape index (κ1) is 16.1. The molecule has 0 aliphatic heterocycles. The number of hydrogen-bond donors (Lipinski definition) is 1. The molecule has 0 amide bonds. The van der Waals surface area contributed by atoms with Crippen LogP contribution in [0.25, 0.3) is 11.1 Å². The number of phenolic OH excluding ortho intramolecular Hbond substituents is 1. The van der Waals surface area contributed by atoms with Gasteiger partial charge in [0.05, 0.1) is 12.1 Å². The van der Waals surface area contributed by atoms with E-state index in [1.54, 1.807) is 18.2 Å². The van der Waals surface area contributed by atoms with E-state index in [1.807, 2.05) is 6.07 Å². The van der Waals surface area contributed by atoms with Crippen molar-refractivity contribution in [2.75, 3.05) is 6.61 Å². The number of halogens is 1. The Hall–Kier alpha value is -2.73. The molecule has 0 spiro atoms. The number of nitrogens with zero attached hydrogens (tertiary/aromatic N) is 1. The summed E-state index contributed by atoms with van der Waals surface area (Å²) in [5, 5.41) is 10.0. The van der Waals surface area contributed by atoms with Gasteiger partial charge in [-0.3, -0.25) is 4.57 Å². The summed E-state index contributed by atoms with van der Waals surface area (Å²) < 4.78 is 11.7. The lowest BCUT2D eigenvalue weighted by Gasteiger charge is -2.07. The van der Waals surface area contributed by atoms with Gasteiger partial charge in [0.2, 0.25) is 0 Å². The molecule has 1 aromatic heterocycles. The van der Waals surface area contributed by atoms with Crippen LogP contribution in [-0.2, 0) is 11.3 Å². The largest absolute Gasteiger partial charge is 0.507 e. The van der Waals surface area contributed by atoms with Crippen molar-refractivity contribution in [3.05, 3.63) is 63.6 Å². The maximum Gasteiger partial charge on any atom is 0.419 e. The summed E-state index contributed by atoms with van der Waals surface area (Å²) in [5.41, 5.74) is 1.26. The third-order valence-corrected chi connectivity index (χ3v) is 3.75. The van der Waals surface area contributed by atoms with Crippen molar-refractivity contribution in [2.45, 2.75) is 13.0 Å². The molecular weight excluding hydrogens is 334 g/mol. The van der Waals surface area contributed by atoms with Crippen LogP contribution < -0.4 is 5.76 Å². The summed E-state index contributed by atoms with van der Waals surface area (Å²) in [6.45, 7) is 0.461. The fourth-order valence-electron chi connectivity index (χ4n) is 2.37. The molecule has 2 aromatic carbocycles. The lowest BCUT2D eigenvalue weighted by atomic mass is 10.2. The summed E-state index contributed by atoms with van der Waals surface area (Å²) in [6, 6.07) is 11.3. The maximum atomic E-state index is 11.9. The number of hydrogen-bond acceptors (Lipinski definition) is 5. The maximum absolute atomic E-state index is 11.9. The number of aromatic nitrogens is 1. The molecule has 24 heavy (non-hydrogen) atoms. The summed E-state index contributed by atoms with van der Waals surface area (Å²) in [5.74, 6) is -1.32. The SMILES string of the molecule is O=C(OCCCn1c(=O)oc2ccccc21)c1ccc(Cl)cc1O. The highest BCUT2D eigenvalue weighted by Crippen LogP contribution is 2.22. The van der Waals surface area contributed by atoms with Crippen molar-refractivity contribution in [3.8, 4) is 5.75 Å². The van der Waals surface area contributed by atoms with Crippen LogP contribution in [-0.4, -0.2) is 22.2 Å². The smallest absolute Gasteiger partial charge is 0.419 e. The van der Waals surface area contributed by atoms with Crippen LogP contribution in [0.4, 0.5) is 0 Å². The van der Waals surface area contributed by atoms with E-state index in [2.05, 4.69) is 0 Å². The number of fused-ring (bicyclic) bond motifs is 1. The second-order valence-corrected chi connectivity index (χ2v) is 5.57. The monoisotopic (exact) mass is 347 g/mol. The summed E-state index contributed by atoms with van der Waals surface area (Å²) in [6.07, 6.45) is 0.434. The highest BCUT2D eigenvalue weighted by molar-refractivity contribution is 6.30. The van der Waals surface area contributed by atoms with E-state index in [9.17, 15) is 14.7 Å². The van der Waals surface area contributed by atoms with Crippen LogP contribution >= 0.6 is 11.6 Å². The zero-order chi connectivity index (χ0) is 17.1. The molecule has 124 valence electrons. The standard InChI is InChI=1S/C17H14ClNO5/c18-11-6-7-12(14(20)10-11)16(21)23-9-3-8-19-13-4-1-2-5-15(13)24-17(19)22/h1-2,4-7,10,20H,3,8-9H2. The third kappa shape index (κ3) is 3.28. The van der Waals surface area contributed by atoms with Crippen molar-refractivity contribution in [1.82, 2.24) is 4.57 Å². The Balaban J connectivity index is 1.59. The highest BCUT2D eigenvalue weighted by Gasteiger charge is 2.13. The number of benzene rings is 2. The van der Waals surface area contributed by atoms with E-state index in [-0.39, 0.29) is 17.9 Å². The van der Waals surface area contributed by atoms with Crippen LogP contribution in [0.5, 0.6) is 5.75 Å². The second-order valence-electron chi connectivity index (χ2n) is 5.14. The molecule has 0 saturated carbocycles. The molecule has 0 atom stereocenters. The van der Waals surface area contributed by atoms with Crippen LogP contribution in [0.3, 0.4) is 0 Å². The number of carbonyl (C=O) groups is 1. The van der Waals surface area contributed by atoms with Crippen LogP contribution in [0.15, 0.2) is 51.7 Å². The highest BCUT2D eigenvalue weighted by atomic mass is 35.5. The zero-order valence-corrected chi connectivity index (χ0v) is 13.3. The Morgan fingerprint density at radius 1 is 1.25 bits per heavy atom. The molecule has 0 aliphatic rings. The fraction of sp³-hybridized carbons (Fsp3) is 0.176. The number of esters is 1. The van der Waals surface area contributed by atoms with E-state index in [0.29, 0.717) is 29.1 Å². The molecule has 6 nitrogen and oxygen atoms in total. The number of aryl methyl sites for hydroxylation is 1. The first-order valence-corrected chi connectivity index (χ1v) is 7.68. The molecule has 0 fully saturated rings. The van der Waals surface area contributed by atoms with E-state index in [4.69, 9.17) is 20.8 Å². The number of para-hydroxylation sites is 2. The van der Waals surface area contributed by atoms with E-state index < -0.39 is 11.7 Å². The summed E-state index contributed by atoms with van der Waals surface area (Å²) in [4.78, 5) is 23.7. The number of ether oxygens (including phenoxy) is 1. The number of phenols is 1. The van der Waals surface area contributed by atoms with Crippen molar-refractivity contribution in [3.63, 3.8) is 0 Å². The first-order valence-electron chi connectivity index (χ1n) is 7.30. The Morgan fingerprint density at radius 2 is 2.04 bits per heavy atom. The van der Waals surface area contributed by atoms with Gasteiger partial charge in [-0.2, -0.15) is 0 Å². The molecule has 0 unspecified atom stereocenters. The van der Waals surface area contributed by atoms with Gasteiger partial charge in [-0.25, -0.2) is 9.59 Å². The number of rotatable bonds is 5. The van der Waals surface area contributed by atoms with E-state index in [0.717, 1.165) is 0 Å². The van der Waals surface area contributed by atoms with Crippen molar-refractivity contribution >= 4 is 28.7 Å². The van der Waals surface area contributed by atoms with E-state index >= 15 is 0 Å². The number of carbonyl (C=O) groups excluding carboxylic acids is 1. The average Bonchev–Trinajstić information content (AvgIpc) is 2.87. The molecule has 1 N–H and O–H groups in total. The van der Waals surface area contributed by atoms with Crippen LogP contribution in [0, 0.1) is 0 Å².